The van der Waals surface area contributed by atoms with Gasteiger partial charge in [-0.05, 0) is 62.0 Å². The summed E-state index contributed by atoms with van der Waals surface area (Å²) < 4.78 is 2.79. The average Bonchev–Trinajstić information content (AvgIpc) is 3.25. The summed E-state index contributed by atoms with van der Waals surface area (Å²) in [6.07, 6.45) is 3.61. The van der Waals surface area contributed by atoms with Gasteiger partial charge in [-0.25, -0.2) is 4.90 Å². The lowest BCUT2D eigenvalue weighted by molar-refractivity contribution is -0.131. The Hall–Kier alpha value is -2.84. The van der Waals surface area contributed by atoms with Crippen LogP contribution in [0.4, 0.5) is 10.5 Å². The average molecular weight is 512 g/mol. The second kappa shape index (κ2) is 9.34. The third kappa shape index (κ3) is 4.25. The number of anilines is 1. The zero-order valence-corrected chi connectivity index (χ0v) is 20.1. The van der Waals surface area contributed by atoms with E-state index in [1.165, 1.54) is 4.90 Å². The van der Waals surface area contributed by atoms with Gasteiger partial charge in [-0.1, -0.05) is 34.1 Å². The monoisotopic (exact) mass is 511 g/mol. The Balaban J connectivity index is 1.72. The molecule has 1 saturated heterocycles. The summed E-state index contributed by atoms with van der Waals surface area (Å²) in [5.74, 6) is -0.313. The van der Waals surface area contributed by atoms with E-state index in [1.807, 2.05) is 48.9 Å². The number of carbonyl (C=O) groups is 3. The van der Waals surface area contributed by atoms with Crippen molar-refractivity contribution in [1.82, 2.24) is 9.47 Å². The number of hydrogen-bond acceptors (Lipinski definition) is 4. The van der Waals surface area contributed by atoms with Crippen LogP contribution in [0.1, 0.15) is 19.4 Å². The predicted octanol–water partition coefficient (Wildman–Crippen LogP) is 5.51. The number of imide groups is 1. The van der Waals surface area contributed by atoms with E-state index >= 15 is 0 Å². The summed E-state index contributed by atoms with van der Waals surface area (Å²) in [4.78, 5) is 41.6. The van der Waals surface area contributed by atoms with Gasteiger partial charge in [0.2, 0.25) is 5.91 Å². The topological polar surface area (TPSA) is 62.6 Å². The van der Waals surface area contributed by atoms with Gasteiger partial charge in [0.25, 0.3) is 11.1 Å². The second-order valence-corrected chi connectivity index (χ2v) is 9.20. The normalized spacial score (nSPS) is 15.2. The van der Waals surface area contributed by atoms with Gasteiger partial charge in [-0.15, -0.1) is 0 Å². The molecule has 1 aromatic heterocycles. The molecule has 3 amide bonds. The molecule has 0 spiro atoms. The minimum absolute atomic E-state index is 0.0331. The van der Waals surface area contributed by atoms with Crippen LogP contribution in [-0.4, -0.2) is 39.6 Å². The van der Waals surface area contributed by atoms with Crippen LogP contribution in [0.25, 0.3) is 17.0 Å². The number of para-hydroxylation sites is 1. The van der Waals surface area contributed by atoms with Gasteiger partial charge in [-0.2, -0.15) is 0 Å². The first kappa shape index (κ1) is 22.4. The molecule has 0 N–H and O–H groups in total. The highest BCUT2D eigenvalue weighted by atomic mass is 79.9. The number of carbonyl (C=O) groups excluding carboxylic acids is 3. The van der Waals surface area contributed by atoms with Crippen LogP contribution in [0, 0.1) is 0 Å². The Morgan fingerprint density at radius 3 is 2.50 bits per heavy atom. The number of aromatic nitrogens is 1. The molecule has 2 heterocycles. The number of fused-ring (bicyclic) bond motifs is 1. The van der Waals surface area contributed by atoms with E-state index < -0.39 is 0 Å². The number of hydrogen-bond donors (Lipinski definition) is 0. The number of likely N-dealkylation sites (N-methyl/N-ethyl adjacent to an activating group) is 1. The lowest BCUT2D eigenvalue weighted by atomic mass is 10.1. The van der Waals surface area contributed by atoms with Crippen LogP contribution >= 0.6 is 27.7 Å². The molecule has 0 saturated carbocycles. The van der Waals surface area contributed by atoms with E-state index in [-0.39, 0.29) is 23.6 Å². The van der Waals surface area contributed by atoms with E-state index in [4.69, 9.17) is 0 Å². The maximum atomic E-state index is 13.0. The van der Waals surface area contributed by atoms with Crippen molar-refractivity contribution in [3.05, 3.63) is 69.7 Å². The molecule has 0 aliphatic carbocycles. The fraction of sp³-hybridized carbons (Fsp3) is 0.208. The number of amides is 3. The van der Waals surface area contributed by atoms with Crippen molar-refractivity contribution in [3.63, 3.8) is 0 Å². The highest BCUT2D eigenvalue weighted by Crippen LogP contribution is 2.37. The molecule has 164 valence electrons. The maximum Gasteiger partial charge on any atom is 0.298 e. The van der Waals surface area contributed by atoms with Gasteiger partial charge >= 0.3 is 0 Å². The van der Waals surface area contributed by atoms with Gasteiger partial charge in [-0.3, -0.25) is 14.4 Å². The standard InChI is InChI=1S/C24H22BrN3O3S/c1-3-26(4-2)22(29)15-27-14-16(19-13-17(25)10-11-20(19)27)12-21-23(30)28(24(31)32-21)18-8-6-5-7-9-18/h5-14H,3-4,15H2,1-2H3/b21-12-. The van der Waals surface area contributed by atoms with E-state index in [0.29, 0.717) is 23.7 Å². The Bertz CT molecular complexity index is 1230. The third-order valence-electron chi connectivity index (χ3n) is 5.39. The summed E-state index contributed by atoms with van der Waals surface area (Å²) in [5.41, 5.74) is 2.22. The first-order valence-electron chi connectivity index (χ1n) is 10.3. The fourth-order valence-corrected chi connectivity index (χ4v) is 4.97. The predicted molar refractivity (Wildman–Crippen MR) is 132 cm³/mol. The summed E-state index contributed by atoms with van der Waals surface area (Å²) in [6.45, 7) is 5.43. The molecule has 32 heavy (non-hydrogen) atoms. The fourth-order valence-electron chi connectivity index (χ4n) is 3.77. The summed E-state index contributed by atoms with van der Waals surface area (Å²) in [6, 6.07) is 14.7. The molecule has 4 rings (SSSR count). The van der Waals surface area contributed by atoms with Gasteiger partial charge in [0.15, 0.2) is 0 Å². The third-order valence-corrected chi connectivity index (χ3v) is 6.75. The quantitative estimate of drug-likeness (QED) is 0.409. The Morgan fingerprint density at radius 2 is 1.81 bits per heavy atom. The first-order chi connectivity index (χ1) is 15.4. The molecular weight excluding hydrogens is 490 g/mol. The molecule has 1 fully saturated rings. The summed E-state index contributed by atoms with van der Waals surface area (Å²) in [5, 5.41) is 0.576. The van der Waals surface area contributed by atoms with Crippen molar-refractivity contribution in [1.29, 1.82) is 0 Å². The summed E-state index contributed by atoms with van der Waals surface area (Å²) in [7, 11) is 0. The van der Waals surface area contributed by atoms with E-state index in [0.717, 1.165) is 32.7 Å². The molecule has 1 aliphatic rings. The second-order valence-electron chi connectivity index (χ2n) is 7.29. The van der Waals surface area contributed by atoms with Crippen LogP contribution in [0.5, 0.6) is 0 Å². The van der Waals surface area contributed by atoms with Crippen LogP contribution in [-0.2, 0) is 16.1 Å². The number of thioether (sulfide) groups is 1. The first-order valence-corrected chi connectivity index (χ1v) is 11.9. The molecule has 0 unspecified atom stereocenters. The van der Waals surface area contributed by atoms with Crippen molar-refractivity contribution >= 4 is 67.4 Å². The highest BCUT2D eigenvalue weighted by Gasteiger charge is 2.36. The van der Waals surface area contributed by atoms with E-state index in [1.54, 1.807) is 35.2 Å². The number of halogens is 1. The molecule has 0 bridgehead atoms. The van der Waals surface area contributed by atoms with E-state index in [9.17, 15) is 14.4 Å². The molecule has 0 radical (unpaired) electrons. The zero-order chi connectivity index (χ0) is 22.8. The van der Waals surface area contributed by atoms with Gasteiger partial charge in [0, 0.05) is 40.2 Å². The molecule has 8 heteroatoms. The smallest absolute Gasteiger partial charge is 0.298 e. The highest BCUT2D eigenvalue weighted by molar-refractivity contribution is 9.10. The zero-order valence-electron chi connectivity index (χ0n) is 17.7. The maximum absolute atomic E-state index is 13.0. The molecular formula is C24H22BrN3O3S. The number of benzene rings is 2. The lowest BCUT2D eigenvalue weighted by Crippen LogP contribution is -2.33. The molecule has 1 aliphatic heterocycles. The largest absolute Gasteiger partial charge is 0.342 e. The molecule has 3 aromatic rings. The van der Waals surface area contributed by atoms with Crippen LogP contribution in [0.3, 0.4) is 0 Å². The number of rotatable bonds is 6. The molecule has 0 atom stereocenters. The van der Waals surface area contributed by atoms with Crippen molar-refractivity contribution in [2.24, 2.45) is 0 Å². The van der Waals surface area contributed by atoms with Crippen molar-refractivity contribution in [2.45, 2.75) is 20.4 Å². The van der Waals surface area contributed by atoms with Crippen LogP contribution < -0.4 is 4.90 Å². The Labute approximate surface area is 199 Å². The van der Waals surface area contributed by atoms with Gasteiger partial charge in [0.05, 0.1) is 10.6 Å². The molecule has 6 nitrogen and oxygen atoms in total. The summed E-state index contributed by atoms with van der Waals surface area (Å²) >= 11 is 4.43. The van der Waals surface area contributed by atoms with Crippen LogP contribution in [0.15, 0.2) is 64.1 Å². The van der Waals surface area contributed by atoms with Crippen LogP contribution in [0.2, 0.25) is 0 Å². The lowest BCUT2D eigenvalue weighted by Gasteiger charge is -2.19. The van der Waals surface area contributed by atoms with E-state index in [2.05, 4.69) is 15.9 Å². The SMILES string of the molecule is CCN(CC)C(=O)Cn1cc(/C=C2\SC(=O)N(c3ccccc3)C2=O)c2cc(Br)ccc21. The number of nitrogens with zero attached hydrogens (tertiary/aromatic N) is 3. The van der Waals surface area contributed by atoms with Crippen molar-refractivity contribution in [3.8, 4) is 0 Å². The Morgan fingerprint density at radius 1 is 1.09 bits per heavy atom. The minimum Gasteiger partial charge on any atom is -0.342 e. The van der Waals surface area contributed by atoms with Crippen molar-refractivity contribution in [2.75, 3.05) is 18.0 Å². The minimum atomic E-state index is -0.346. The molecule has 2 aromatic carbocycles. The van der Waals surface area contributed by atoms with Gasteiger partial charge < -0.3 is 9.47 Å². The van der Waals surface area contributed by atoms with Crippen molar-refractivity contribution < 1.29 is 14.4 Å². The Kier molecular flexibility index (Phi) is 6.53. The van der Waals surface area contributed by atoms with Gasteiger partial charge in [0.1, 0.15) is 6.54 Å².